The van der Waals surface area contributed by atoms with Gasteiger partial charge in [0.2, 0.25) is 0 Å². The Balaban J connectivity index is 3.00. The summed E-state index contributed by atoms with van der Waals surface area (Å²) >= 11 is 0. The number of esters is 1. The Hall–Kier alpha value is -1.86. The minimum Gasteiger partial charge on any atom is -0.468 e. The number of carbonyl (C=O) groups excluding carboxylic acids is 1. The first kappa shape index (κ1) is 13.2. The lowest BCUT2D eigenvalue weighted by Crippen LogP contribution is -2.30. The highest BCUT2D eigenvalue weighted by atomic mass is 19.1. The van der Waals surface area contributed by atoms with Crippen LogP contribution in [0.2, 0.25) is 0 Å². The third-order valence-corrected chi connectivity index (χ3v) is 2.36. The SMILES string of the molecule is C#CCNC(C(=O)OC)c1ccc(F)c(C)c1. The minimum atomic E-state index is -0.671. The molecule has 0 aliphatic heterocycles. The van der Waals surface area contributed by atoms with Gasteiger partial charge in [0, 0.05) is 0 Å². The predicted octanol–water partition coefficient (Wildman–Crippen LogP) is 1.57. The standard InChI is InChI=1S/C13H14FNO2/c1-4-7-15-12(13(16)17-3)10-5-6-11(14)9(2)8-10/h1,5-6,8,12,15H,7H2,2-3H3. The molecule has 17 heavy (non-hydrogen) atoms. The average molecular weight is 235 g/mol. The molecule has 1 atom stereocenters. The highest BCUT2D eigenvalue weighted by Gasteiger charge is 2.20. The van der Waals surface area contributed by atoms with Crippen LogP contribution in [0, 0.1) is 25.1 Å². The largest absolute Gasteiger partial charge is 0.468 e. The van der Waals surface area contributed by atoms with Gasteiger partial charge in [0.05, 0.1) is 13.7 Å². The number of nitrogens with one attached hydrogen (secondary N) is 1. The van der Waals surface area contributed by atoms with Crippen molar-refractivity contribution in [1.29, 1.82) is 0 Å². The van der Waals surface area contributed by atoms with Crippen molar-refractivity contribution in [3.63, 3.8) is 0 Å². The molecule has 0 aromatic heterocycles. The molecule has 0 fully saturated rings. The second kappa shape index (κ2) is 6.02. The molecule has 1 rings (SSSR count). The summed E-state index contributed by atoms with van der Waals surface area (Å²) in [5.74, 6) is 1.62. The van der Waals surface area contributed by atoms with E-state index < -0.39 is 12.0 Å². The molecule has 0 aliphatic carbocycles. The fraction of sp³-hybridized carbons (Fsp3) is 0.308. The van der Waals surface area contributed by atoms with Crippen molar-refractivity contribution in [2.75, 3.05) is 13.7 Å². The van der Waals surface area contributed by atoms with Gasteiger partial charge < -0.3 is 4.74 Å². The normalized spacial score (nSPS) is 11.6. The van der Waals surface area contributed by atoms with Crippen molar-refractivity contribution in [2.45, 2.75) is 13.0 Å². The van der Waals surface area contributed by atoms with Crippen molar-refractivity contribution in [3.8, 4) is 12.3 Å². The molecule has 0 radical (unpaired) electrons. The van der Waals surface area contributed by atoms with Crippen molar-refractivity contribution in [2.24, 2.45) is 0 Å². The zero-order valence-electron chi connectivity index (χ0n) is 9.79. The van der Waals surface area contributed by atoms with E-state index in [0.29, 0.717) is 11.1 Å². The van der Waals surface area contributed by atoms with Crippen LogP contribution < -0.4 is 5.32 Å². The van der Waals surface area contributed by atoms with Gasteiger partial charge >= 0.3 is 5.97 Å². The Bertz CT molecular complexity index is 451. The fourth-order valence-electron chi connectivity index (χ4n) is 1.46. The molecule has 0 saturated carbocycles. The second-order valence-corrected chi connectivity index (χ2v) is 3.55. The number of benzene rings is 1. The molecule has 0 amide bonds. The number of hydrogen-bond acceptors (Lipinski definition) is 3. The Morgan fingerprint density at radius 1 is 1.65 bits per heavy atom. The molecule has 0 heterocycles. The number of hydrogen-bond donors (Lipinski definition) is 1. The maximum absolute atomic E-state index is 13.1. The van der Waals surface area contributed by atoms with Gasteiger partial charge in [-0.2, -0.15) is 0 Å². The molecule has 0 saturated heterocycles. The van der Waals surface area contributed by atoms with Gasteiger partial charge in [-0.05, 0) is 24.1 Å². The Labute approximate surface area is 100.0 Å². The van der Waals surface area contributed by atoms with Crippen LogP contribution in [0.3, 0.4) is 0 Å². The number of rotatable bonds is 4. The van der Waals surface area contributed by atoms with E-state index >= 15 is 0 Å². The maximum atomic E-state index is 13.1. The molecular weight excluding hydrogens is 221 g/mol. The van der Waals surface area contributed by atoms with Gasteiger partial charge in [0.15, 0.2) is 0 Å². The Kier molecular flexibility index (Phi) is 4.68. The molecule has 3 nitrogen and oxygen atoms in total. The summed E-state index contributed by atoms with van der Waals surface area (Å²) in [4.78, 5) is 11.6. The number of ether oxygens (including phenoxy) is 1. The van der Waals surface area contributed by atoms with Crippen molar-refractivity contribution in [1.82, 2.24) is 5.32 Å². The first-order valence-corrected chi connectivity index (χ1v) is 5.11. The summed E-state index contributed by atoms with van der Waals surface area (Å²) in [6.07, 6.45) is 5.13. The van der Waals surface area contributed by atoms with Gasteiger partial charge in [-0.1, -0.05) is 18.1 Å². The summed E-state index contributed by atoms with van der Waals surface area (Å²) < 4.78 is 17.8. The van der Waals surface area contributed by atoms with Crippen molar-refractivity contribution >= 4 is 5.97 Å². The highest BCUT2D eigenvalue weighted by molar-refractivity contribution is 5.77. The Morgan fingerprint density at radius 3 is 2.88 bits per heavy atom. The molecule has 0 aliphatic rings. The number of aryl methyl sites for hydroxylation is 1. The summed E-state index contributed by atoms with van der Waals surface area (Å²) in [6.45, 7) is 1.87. The number of halogens is 1. The van der Waals surface area contributed by atoms with Gasteiger partial charge in [0.25, 0.3) is 0 Å². The third-order valence-electron chi connectivity index (χ3n) is 2.36. The van der Waals surface area contributed by atoms with E-state index in [1.165, 1.54) is 19.2 Å². The second-order valence-electron chi connectivity index (χ2n) is 3.55. The van der Waals surface area contributed by atoms with Crippen LogP contribution in [-0.2, 0) is 9.53 Å². The summed E-state index contributed by atoms with van der Waals surface area (Å²) in [5.41, 5.74) is 1.10. The zero-order chi connectivity index (χ0) is 12.8. The number of methoxy groups -OCH3 is 1. The van der Waals surface area contributed by atoms with E-state index in [2.05, 4.69) is 16.0 Å². The van der Waals surface area contributed by atoms with E-state index in [0.717, 1.165) is 0 Å². The predicted molar refractivity (Wildman–Crippen MR) is 62.7 cm³/mol. The van der Waals surface area contributed by atoms with Crippen LogP contribution >= 0.6 is 0 Å². The van der Waals surface area contributed by atoms with Gasteiger partial charge in [-0.3, -0.25) is 5.32 Å². The van der Waals surface area contributed by atoms with Crippen LogP contribution in [0.15, 0.2) is 18.2 Å². The van der Waals surface area contributed by atoms with Crippen LogP contribution in [0.5, 0.6) is 0 Å². The van der Waals surface area contributed by atoms with Crippen molar-refractivity contribution in [3.05, 3.63) is 35.1 Å². The van der Waals surface area contributed by atoms with Crippen LogP contribution in [0.4, 0.5) is 4.39 Å². The van der Waals surface area contributed by atoms with Crippen LogP contribution in [-0.4, -0.2) is 19.6 Å². The molecule has 4 heteroatoms. The van der Waals surface area contributed by atoms with E-state index in [-0.39, 0.29) is 12.4 Å². The van der Waals surface area contributed by atoms with E-state index in [1.54, 1.807) is 13.0 Å². The van der Waals surface area contributed by atoms with Gasteiger partial charge in [-0.15, -0.1) is 6.42 Å². The first-order chi connectivity index (χ1) is 8.10. The van der Waals surface area contributed by atoms with Gasteiger partial charge in [0.1, 0.15) is 11.9 Å². The lowest BCUT2D eigenvalue weighted by atomic mass is 10.0. The molecule has 0 bridgehead atoms. The lowest BCUT2D eigenvalue weighted by Gasteiger charge is -2.16. The Morgan fingerprint density at radius 2 is 2.35 bits per heavy atom. The maximum Gasteiger partial charge on any atom is 0.327 e. The van der Waals surface area contributed by atoms with E-state index in [9.17, 15) is 9.18 Å². The quantitative estimate of drug-likeness (QED) is 0.636. The summed E-state index contributed by atoms with van der Waals surface area (Å²) in [7, 11) is 1.29. The van der Waals surface area contributed by atoms with E-state index in [4.69, 9.17) is 6.42 Å². The van der Waals surface area contributed by atoms with Gasteiger partial charge in [-0.25, -0.2) is 9.18 Å². The zero-order valence-corrected chi connectivity index (χ0v) is 9.79. The molecule has 1 N–H and O–H groups in total. The molecule has 1 aromatic rings. The average Bonchev–Trinajstić information content (AvgIpc) is 2.33. The smallest absolute Gasteiger partial charge is 0.327 e. The highest BCUT2D eigenvalue weighted by Crippen LogP contribution is 2.17. The minimum absolute atomic E-state index is 0.232. The lowest BCUT2D eigenvalue weighted by molar-refractivity contribution is -0.143. The first-order valence-electron chi connectivity index (χ1n) is 5.11. The molecule has 1 aromatic carbocycles. The van der Waals surface area contributed by atoms with Crippen molar-refractivity contribution < 1.29 is 13.9 Å². The molecule has 0 spiro atoms. The van der Waals surface area contributed by atoms with Crippen LogP contribution in [0.25, 0.3) is 0 Å². The summed E-state index contributed by atoms with van der Waals surface area (Å²) in [5, 5.41) is 2.85. The molecule has 1 unspecified atom stereocenters. The third kappa shape index (κ3) is 3.30. The monoisotopic (exact) mass is 235 g/mol. The fourth-order valence-corrected chi connectivity index (χ4v) is 1.46. The van der Waals surface area contributed by atoms with E-state index in [1.807, 2.05) is 0 Å². The molecule has 90 valence electrons. The number of carbonyl (C=O) groups is 1. The van der Waals surface area contributed by atoms with Crippen LogP contribution in [0.1, 0.15) is 17.2 Å². The topological polar surface area (TPSA) is 38.3 Å². The molecular formula is C13H14FNO2. The summed E-state index contributed by atoms with van der Waals surface area (Å²) in [6, 6.07) is 3.78. The number of terminal acetylenes is 1.